The van der Waals surface area contributed by atoms with E-state index in [0.717, 1.165) is 23.3 Å². The molecule has 0 saturated heterocycles. The molecule has 0 unspecified atom stereocenters. The van der Waals surface area contributed by atoms with Gasteiger partial charge in [-0.05, 0) is 49.3 Å². The van der Waals surface area contributed by atoms with E-state index in [9.17, 15) is 18.0 Å². The lowest BCUT2D eigenvalue weighted by Gasteiger charge is -2.10. The van der Waals surface area contributed by atoms with E-state index in [4.69, 9.17) is 12.2 Å². The maximum Gasteiger partial charge on any atom is 0.416 e. The molecule has 0 aliphatic rings. The molecule has 1 heterocycles. The number of carbonyl (C=O) groups is 1. The third kappa shape index (κ3) is 5.32. The van der Waals surface area contributed by atoms with Gasteiger partial charge in [0.15, 0.2) is 10.6 Å². The molecule has 9 heteroatoms. The normalized spacial score (nSPS) is 11.4. The number of benzene rings is 2. The zero-order valence-electron chi connectivity index (χ0n) is 15.6. The topological polar surface area (TPSA) is 62.7 Å². The van der Waals surface area contributed by atoms with Gasteiger partial charge in [-0.3, -0.25) is 14.5 Å². The number of H-pyrrole nitrogens is 1. The minimum absolute atomic E-state index is 0.00831. The minimum Gasteiger partial charge on any atom is -0.354 e. The van der Waals surface area contributed by atoms with Crippen molar-refractivity contribution in [2.75, 3.05) is 6.54 Å². The van der Waals surface area contributed by atoms with Gasteiger partial charge in [-0.25, -0.2) is 0 Å². The van der Waals surface area contributed by atoms with Gasteiger partial charge >= 0.3 is 6.18 Å². The first-order chi connectivity index (χ1) is 13.7. The molecule has 0 spiro atoms. The van der Waals surface area contributed by atoms with Gasteiger partial charge in [-0.1, -0.05) is 35.9 Å². The molecule has 0 fully saturated rings. The van der Waals surface area contributed by atoms with Crippen LogP contribution in [0.15, 0.2) is 48.5 Å². The highest BCUT2D eigenvalue weighted by Crippen LogP contribution is 2.29. The number of carbonyl (C=O) groups excluding carboxylic acids is 1. The lowest BCUT2D eigenvalue weighted by atomic mass is 10.1. The Bertz CT molecular complexity index is 1050. The van der Waals surface area contributed by atoms with E-state index in [0.29, 0.717) is 29.1 Å². The number of alkyl halides is 3. The highest BCUT2D eigenvalue weighted by atomic mass is 32.1. The molecule has 29 heavy (non-hydrogen) atoms. The smallest absolute Gasteiger partial charge is 0.354 e. The lowest BCUT2D eigenvalue weighted by molar-refractivity contribution is -0.137. The van der Waals surface area contributed by atoms with E-state index < -0.39 is 11.7 Å². The van der Waals surface area contributed by atoms with Crippen molar-refractivity contribution in [3.8, 4) is 11.4 Å². The number of aromatic amines is 1. The minimum atomic E-state index is -4.36. The molecule has 3 rings (SSSR count). The second-order valence-corrected chi connectivity index (χ2v) is 6.99. The first kappa shape index (κ1) is 20.8. The molecule has 0 atom stereocenters. The monoisotopic (exact) mass is 420 g/mol. The number of hydrogen-bond donors (Lipinski definition) is 2. The summed E-state index contributed by atoms with van der Waals surface area (Å²) < 4.78 is 39.7. The Kier molecular flexibility index (Phi) is 6.17. The Balaban J connectivity index is 1.59. The van der Waals surface area contributed by atoms with Crippen molar-refractivity contribution in [2.45, 2.75) is 26.1 Å². The van der Waals surface area contributed by atoms with Crippen molar-refractivity contribution in [1.82, 2.24) is 20.1 Å². The maximum absolute atomic E-state index is 12.6. The van der Waals surface area contributed by atoms with Crippen LogP contribution in [0.1, 0.15) is 16.7 Å². The van der Waals surface area contributed by atoms with E-state index >= 15 is 0 Å². The van der Waals surface area contributed by atoms with Crippen LogP contribution in [-0.4, -0.2) is 27.2 Å². The van der Waals surface area contributed by atoms with Gasteiger partial charge in [0, 0.05) is 12.1 Å². The average molecular weight is 420 g/mol. The Morgan fingerprint density at radius 2 is 1.93 bits per heavy atom. The SMILES string of the molecule is Cc1cccc(-c2n[nH]c(=S)n2CC(=O)NCCc2ccc(C(F)(F)F)cc2)c1. The standard InChI is InChI=1S/C20H19F3N4OS/c1-13-3-2-4-15(11-13)18-25-26-19(29)27(18)12-17(28)24-10-9-14-5-7-16(8-6-14)20(21,22)23/h2-8,11H,9-10,12H2,1H3,(H,24,28)(H,26,29). The van der Waals surface area contributed by atoms with Crippen LogP contribution in [0.4, 0.5) is 13.2 Å². The van der Waals surface area contributed by atoms with Crippen LogP contribution in [0, 0.1) is 11.7 Å². The van der Waals surface area contributed by atoms with Gasteiger partial charge < -0.3 is 5.32 Å². The molecule has 2 N–H and O–H groups in total. The predicted molar refractivity (Wildman–Crippen MR) is 106 cm³/mol. The zero-order chi connectivity index (χ0) is 21.0. The van der Waals surface area contributed by atoms with Crippen LogP contribution >= 0.6 is 12.2 Å². The van der Waals surface area contributed by atoms with Crippen LogP contribution in [-0.2, 0) is 23.9 Å². The number of rotatable bonds is 6. The van der Waals surface area contributed by atoms with Gasteiger partial charge in [0.25, 0.3) is 0 Å². The summed E-state index contributed by atoms with van der Waals surface area (Å²) in [6.45, 7) is 2.25. The summed E-state index contributed by atoms with van der Waals surface area (Å²) in [5.74, 6) is 0.305. The molecule has 0 aliphatic heterocycles. The largest absolute Gasteiger partial charge is 0.416 e. The van der Waals surface area contributed by atoms with Gasteiger partial charge in [-0.2, -0.15) is 18.3 Å². The molecule has 0 bridgehead atoms. The predicted octanol–water partition coefficient (Wildman–Crippen LogP) is 4.29. The van der Waals surface area contributed by atoms with Crippen LogP contribution in [0.5, 0.6) is 0 Å². The fourth-order valence-electron chi connectivity index (χ4n) is 2.88. The first-order valence-corrected chi connectivity index (χ1v) is 9.30. The van der Waals surface area contributed by atoms with Crippen LogP contribution in [0.25, 0.3) is 11.4 Å². The number of aromatic nitrogens is 3. The number of nitrogens with one attached hydrogen (secondary N) is 2. The molecule has 1 amide bonds. The van der Waals surface area contributed by atoms with Crippen molar-refractivity contribution in [1.29, 1.82) is 0 Å². The van der Waals surface area contributed by atoms with Gasteiger partial charge in [0.1, 0.15) is 6.54 Å². The summed E-state index contributed by atoms with van der Waals surface area (Å²) >= 11 is 5.23. The second kappa shape index (κ2) is 8.60. The van der Waals surface area contributed by atoms with Crippen molar-refractivity contribution in [2.24, 2.45) is 0 Å². The molecular weight excluding hydrogens is 401 g/mol. The summed E-state index contributed by atoms with van der Waals surface area (Å²) in [5, 5.41) is 9.68. The number of aryl methyl sites for hydroxylation is 1. The fraction of sp³-hybridized carbons (Fsp3) is 0.250. The quantitative estimate of drug-likeness (QED) is 0.585. The van der Waals surface area contributed by atoms with Gasteiger partial charge in [-0.15, -0.1) is 0 Å². The number of hydrogen-bond acceptors (Lipinski definition) is 3. The van der Waals surface area contributed by atoms with Gasteiger partial charge in [0.05, 0.1) is 5.56 Å². The molecule has 5 nitrogen and oxygen atoms in total. The highest BCUT2D eigenvalue weighted by molar-refractivity contribution is 7.71. The van der Waals surface area contributed by atoms with E-state index in [1.54, 1.807) is 4.57 Å². The molecule has 2 aromatic carbocycles. The second-order valence-electron chi connectivity index (χ2n) is 6.60. The van der Waals surface area contributed by atoms with Crippen molar-refractivity contribution in [3.63, 3.8) is 0 Å². The Morgan fingerprint density at radius 1 is 1.21 bits per heavy atom. The number of nitrogens with zero attached hydrogens (tertiary/aromatic N) is 2. The van der Waals surface area contributed by atoms with E-state index in [1.807, 2.05) is 31.2 Å². The van der Waals surface area contributed by atoms with Crippen molar-refractivity contribution >= 4 is 18.1 Å². The fourth-order valence-corrected chi connectivity index (χ4v) is 3.07. The molecule has 152 valence electrons. The molecular formula is C20H19F3N4OS. The summed E-state index contributed by atoms with van der Waals surface area (Å²) in [5.41, 5.74) is 1.92. The Morgan fingerprint density at radius 3 is 2.59 bits per heavy atom. The first-order valence-electron chi connectivity index (χ1n) is 8.89. The average Bonchev–Trinajstić information content (AvgIpc) is 3.02. The van der Waals surface area contributed by atoms with Crippen molar-refractivity contribution in [3.05, 3.63) is 70.0 Å². The highest BCUT2D eigenvalue weighted by Gasteiger charge is 2.29. The zero-order valence-corrected chi connectivity index (χ0v) is 16.4. The Labute approximate surface area is 170 Å². The van der Waals surface area contributed by atoms with Crippen LogP contribution in [0.3, 0.4) is 0 Å². The molecule has 1 aromatic heterocycles. The van der Waals surface area contributed by atoms with Crippen molar-refractivity contribution < 1.29 is 18.0 Å². The maximum atomic E-state index is 12.6. The van der Waals surface area contributed by atoms with E-state index in [1.165, 1.54) is 12.1 Å². The van der Waals surface area contributed by atoms with Crippen LogP contribution < -0.4 is 5.32 Å². The Hall–Kier alpha value is -2.94. The summed E-state index contributed by atoms with van der Waals surface area (Å²) in [7, 11) is 0. The summed E-state index contributed by atoms with van der Waals surface area (Å²) in [6.07, 6.45) is -3.93. The number of amides is 1. The molecule has 0 aliphatic carbocycles. The van der Waals surface area contributed by atoms with Crippen LogP contribution in [0.2, 0.25) is 0 Å². The lowest BCUT2D eigenvalue weighted by Crippen LogP contribution is -2.29. The van der Waals surface area contributed by atoms with E-state index in [-0.39, 0.29) is 12.5 Å². The number of halogens is 3. The molecule has 0 radical (unpaired) electrons. The third-order valence-electron chi connectivity index (χ3n) is 4.35. The summed E-state index contributed by atoms with van der Waals surface area (Å²) in [4.78, 5) is 12.3. The molecule has 0 saturated carbocycles. The van der Waals surface area contributed by atoms with Gasteiger partial charge in [0.2, 0.25) is 5.91 Å². The third-order valence-corrected chi connectivity index (χ3v) is 4.67. The van der Waals surface area contributed by atoms with E-state index in [2.05, 4.69) is 15.5 Å². The summed E-state index contributed by atoms with van der Waals surface area (Å²) in [6, 6.07) is 12.6. The molecule has 3 aromatic rings.